The summed E-state index contributed by atoms with van der Waals surface area (Å²) in [5.41, 5.74) is 2.43. The number of hydrogen-bond acceptors (Lipinski definition) is 2. The number of nitrogens with zero attached hydrogens (tertiary/aromatic N) is 1. The third-order valence-corrected chi connectivity index (χ3v) is 2.97. The number of aromatic nitrogens is 2. The Labute approximate surface area is 108 Å². The molecule has 0 saturated heterocycles. The van der Waals surface area contributed by atoms with E-state index in [1.807, 2.05) is 6.92 Å². The lowest BCUT2D eigenvalue weighted by molar-refractivity contribution is -0.137. The maximum absolute atomic E-state index is 12.6. The summed E-state index contributed by atoms with van der Waals surface area (Å²) < 4.78 is 37.9. The molecule has 19 heavy (non-hydrogen) atoms. The van der Waals surface area contributed by atoms with Crippen LogP contribution in [0.1, 0.15) is 22.4 Å². The molecular formula is C13H14F3N3. The van der Waals surface area contributed by atoms with Crippen molar-refractivity contribution in [1.82, 2.24) is 10.2 Å². The highest BCUT2D eigenvalue weighted by molar-refractivity contribution is 5.53. The summed E-state index contributed by atoms with van der Waals surface area (Å²) in [5, 5.41) is 9.66. The maximum Gasteiger partial charge on any atom is 0.416 e. The molecular weight excluding hydrogens is 255 g/mol. The number of alkyl halides is 3. The predicted molar refractivity (Wildman–Crippen MR) is 66.8 cm³/mol. The molecule has 3 nitrogen and oxygen atoms in total. The number of halogens is 3. The molecule has 0 aliphatic heterocycles. The molecule has 1 aromatic carbocycles. The van der Waals surface area contributed by atoms with Crippen molar-refractivity contribution in [3.8, 4) is 0 Å². The van der Waals surface area contributed by atoms with Crippen LogP contribution in [0, 0.1) is 13.8 Å². The first-order valence-electron chi connectivity index (χ1n) is 5.78. The van der Waals surface area contributed by atoms with Crippen LogP contribution in [0.25, 0.3) is 0 Å². The van der Waals surface area contributed by atoms with Crippen LogP contribution < -0.4 is 5.32 Å². The normalized spacial score (nSPS) is 11.6. The summed E-state index contributed by atoms with van der Waals surface area (Å²) in [5.74, 6) is 0. The highest BCUT2D eigenvalue weighted by atomic mass is 19.4. The lowest BCUT2D eigenvalue weighted by atomic mass is 10.1. The lowest BCUT2D eigenvalue weighted by Crippen LogP contribution is -2.07. The molecule has 0 bridgehead atoms. The predicted octanol–water partition coefficient (Wildman–Crippen LogP) is 3.66. The van der Waals surface area contributed by atoms with Gasteiger partial charge in [-0.15, -0.1) is 0 Å². The molecule has 0 unspecified atom stereocenters. The van der Waals surface area contributed by atoms with Crippen LogP contribution in [0.5, 0.6) is 0 Å². The van der Waals surface area contributed by atoms with Crippen LogP contribution in [-0.4, -0.2) is 10.2 Å². The van der Waals surface area contributed by atoms with E-state index in [0.717, 1.165) is 29.0 Å². The molecule has 0 saturated carbocycles. The zero-order chi connectivity index (χ0) is 14.0. The molecule has 0 aliphatic rings. The molecule has 1 heterocycles. The number of nitrogens with one attached hydrogen (secondary N) is 2. The SMILES string of the molecule is Cc1ccc(C(F)(F)F)cc1NCc1cn[nH]c1C. The second-order valence-corrected chi connectivity index (χ2v) is 4.40. The van der Waals surface area contributed by atoms with Crippen molar-refractivity contribution < 1.29 is 13.2 Å². The van der Waals surface area contributed by atoms with Gasteiger partial charge in [-0.3, -0.25) is 5.10 Å². The number of benzene rings is 1. The number of rotatable bonds is 3. The van der Waals surface area contributed by atoms with E-state index < -0.39 is 11.7 Å². The van der Waals surface area contributed by atoms with Gasteiger partial charge in [0.05, 0.1) is 11.8 Å². The van der Waals surface area contributed by atoms with E-state index in [1.165, 1.54) is 6.07 Å². The lowest BCUT2D eigenvalue weighted by Gasteiger charge is -2.13. The minimum absolute atomic E-state index is 0.435. The van der Waals surface area contributed by atoms with E-state index in [4.69, 9.17) is 0 Å². The van der Waals surface area contributed by atoms with Crippen LogP contribution in [0.3, 0.4) is 0 Å². The molecule has 1 aromatic heterocycles. The Morgan fingerprint density at radius 2 is 2.00 bits per heavy atom. The van der Waals surface area contributed by atoms with Gasteiger partial charge in [-0.1, -0.05) is 6.07 Å². The fourth-order valence-electron chi connectivity index (χ4n) is 1.73. The summed E-state index contributed by atoms with van der Waals surface area (Å²) in [6.07, 6.45) is -2.67. The fourth-order valence-corrected chi connectivity index (χ4v) is 1.73. The van der Waals surface area contributed by atoms with E-state index in [-0.39, 0.29) is 0 Å². The molecule has 2 N–H and O–H groups in total. The van der Waals surface area contributed by atoms with Gasteiger partial charge < -0.3 is 5.32 Å². The van der Waals surface area contributed by atoms with Crippen molar-refractivity contribution in [2.24, 2.45) is 0 Å². The Balaban J connectivity index is 2.18. The average molecular weight is 269 g/mol. The monoisotopic (exact) mass is 269 g/mol. The van der Waals surface area contributed by atoms with E-state index >= 15 is 0 Å². The minimum Gasteiger partial charge on any atom is -0.381 e. The first kappa shape index (κ1) is 13.5. The Bertz CT molecular complexity index is 573. The fraction of sp³-hybridized carbons (Fsp3) is 0.308. The molecule has 2 rings (SSSR count). The zero-order valence-electron chi connectivity index (χ0n) is 10.6. The molecule has 0 atom stereocenters. The highest BCUT2D eigenvalue weighted by Gasteiger charge is 2.30. The zero-order valence-corrected chi connectivity index (χ0v) is 10.6. The summed E-state index contributed by atoms with van der Waals surface area (Å²) in [7, 11) is 0. The van der Waals surface area contributed by atoms with Crippen LogP contribution in [-0.2, 0) is 12.7 Å². The van der Waals surface area contributed by atoms with Crippen molar-refractivity contribution >= 4 is 5.69 Å². The second-order valence-electron chi connectivity index (χ2n) is 4.40. The first-order chi connectivity index (χ1) is 8.88. The molecule has 0 amide bonds. The van der Waals surface area contributed by atoms with E-state index in [1.54, 1.807) is 13.1 Å². The van der Waals surface area contributed by atoms with E-state index in [0.29, 0.717) is 12.2 Å². The van der Waals surface area contributed by atoms with Gasteiger partial charge in [0.2, 0.25) is 0 Å². The Morgan fingerprint density at radius 3 is 2.58 bits per heavy atom. The topological polar surface area (TPSA) is 40.7 Å². The number of H-pyrrole nitrogens is 1. The first-order valence-corrected chi connectivity index (χ1v) is 5.78. The quantitative estimate of drug-likeness (QED) is 0.892. The van der Waals surface area contributed by atoms with Crippen molar-refractivity contribution in [2.75, 3.05) is 5.32 Å². The second kappa shape index (κ2) is 4.95. The molecule has 6 heteroatoms. The molecule has 102 valence electrons. The number of aromatic amines is 1. The minimum atomic E-state index is -4.32. The van der Waals surface area contributed by atoms with Gasteiger partial charge in [-0.25, -0.2) is 0 Å². The number of hydrogen-bond donors (Lipinski definition) is 2. The largest absolute Gasteiger partial charge is 0.416 e. The van der Waals surface area contributed by atoms with Crippen LogP contribution in [0.4, 0.5) is 18.9 Å². The van der Waals surface area contributed by atoms with Crippen molar-refractivity contribution in [2.45, 2.75) is 26.6 Å². The summed E-state index contributed by atoms with van der Waals surface area (Å²) in [4.78, 5) is 0. The Hall–Kier alpha value is -1.98. The van der Waals surface area contributed by atoms with Gasteiger partial charge in [-0.05, 0) is 31.5 Å². The van der Waals surface area contributed by atoms with Gasteiger partial charge in [0, 0.05) is 23.5 Å². The van der Waals surface area contributed by atoms with Gasteiger partial charge >= 0.3 is 6.18 Å². The Morgan fingerprint density at radius 1 is 1.26 bits per heavy atom. The van der Waals surface area contributed by atoms with E-state index in [2.05, 4.69) is 15.5 Å². The summed E-state index contributed by atoms with van der Waals surface area (Å²) >= 11 is 0. The molecule has 0 radical (unpaired) electrons. The van der Waals surface area contributed by atoms with Gasteiger partial charge in [0.1, 0.15) is 0 Å². The van der Waals surface area contributed by atoms with Gasteiger partial charge in [0.25, 0.3) is 0 Å². The smallest absolute Gasteiger partial charge is 0.381 e. The van der Waals surface area contributed by atoms with Crippen molar-refractivity contribution in [3.05, 3.63) is 46.8 Å². The van der Waals surface area contributed by atoms with Crippen LogP contribution in [0.15, 0.2) is 24.4 Å². The standard InChI is InChI=1S/C13H14F3N3/c1-8-3-4-11(13(14,15)16)5-12(8)17-6-10-7-18-19-9(10)2/h3-5,7,17H,6H2,1-2H3,(H,18,19). The molecule has 2 aromatic rings. The van der Waals surface area contributed by atoms with Crippen LogP contribution >= 0.6 is 0 Å². The maximum atomic E-state index is 12.6. The van der Waals surface area contributed by atoms with E-state index in [9.17, 15) is 13.2 Å². The molecule has 0 aliphatic carbocycles. The third-order valence-electron chi connectivity index (χ3n) is 2.97. The van der Waals surface area contributed by atoms with Gasteiger partial charge in [-0.2, -0.15) is 18.3 Å². The molecule has 0 spiro atoms. The van der Waals surface area contributed by atoms with Crippen molar-refractivity contribution in [1.29, 1.82) is 0 Å². The third kappa shape index (κ3) is 3.07. The van der Waals surface area contributed by atoms with Crippen molar-refractivity contribution in [3.63, 3.8) is 0 Å². The summed E-state index contributed by atoms with van der Waals surface area (Å²) in [6, 6.07) is 3.68. The average Bonchev–Trinajstić information content (AvgIpc) is 2.72. The summed E-state index contributed by atoms with van der Waals surface area (Å²) in [6.45, 7) is 4.07. The number of aryl methyl sites for hydroxylation is 2. The number of anilines is 1. The highest BCUT2D eigenvalue weighted by Crippen LogP contribution is 2.32. The van der Waals surface area contributed by atoms with Gasteiger partial charge in [0.15, 0.2) is 0 Å². The molecule has 0 fully saturated rings. The van der Waals surface area contributed by atoms with Crippen LogP contribution in [0.2, 0.25) is 0 Å². The Kier molecular flexibility index (Phi) is 3.50.